The van der Waals surface area contributed by atoms with Crippen molar-refractivity contribution in [1.82, 2.24) is 20.3 Å². The molecule has 5 atom stereocenters. The number of nitrogens with zero attached hydrogens (tertiary/aromatic N) is 2. The largest absolute Gasteiger partial charge is 0.417 e. The van der Waals surface area contributed by atoms with E-state index < -0.39 is 30.0 Å². The zero-order valence-corrected chi connectivity index (χ0v) is 27.3. The number of piperidine rings is 1. The summed E-state index contributed by atoms with van der Waals surface area (Å²) in [6.45, 7) is 5.96. The van der Waals surface area contributed by atoms with E-state index in [0.29, 0.717) is 32.2 Å². The number of amides is 3. The van der Waals surface area contributed by atoms with Crippen molar-refractivity contribution in [3.05, 3.63) is 36.0 Å². The highest BCUT2D eigenvalue weighted by atomic mass is 16.6. The normalized spacial score (nSPS) is 23.9. The van der Waals surface area contributed by atoms with E-state index in [0.717, 1.165) is 55.0 Å². The maximum Gasteiger partial charge on any atom is 0.246 e. The van der Waals surface area contributed by atoms with Crippen molar-refractivity contribution >= 4 is 40.2 Å². The standard InChI is InChI=1S/C35H50N4O6/c1-5-23(2)32-35(44)38-19-13-12-18-30(38)31(41)21-25(15-9-7-6-8-14-24(3)40)33(42)36-28(34(43)37-32)20-26-22-39(45-4)29-17-11-10-16-27(26)29/h10-11,16-17,22-23,25,28,30,32H,5-9,12-15,18-21H2,1-4H3,(H,36,42)(H,37,43)/t23?,25-,28+,30-,32+/m1/s1. The molecular formula is C35H50N4O6. The number of hydrogen-bond donors (Lipinski definition) is 2. The molecule has 2 saturated heterocycles. The Morgan fingerprint density at radius 1 is 1.02 bits per heavy atom. The highest BCUT2D eigenvalue weighted by Crippen LogP contribution is 2.27. The first-order chi connectivity index (χ1) is 21.6. The van der Waals surface area contributed by atoms with Crippen molar-refractivity contribution in [1.29, 1.82) is 0 Å². The van der Waals surface area contributed by atoms with Gasteiger partial charge in [0.05, 0.1) is 11.6 Å². The van der Waals surface area contributed by atoms with Crippen LogP contribution in [0.25, 0.3) is 10.9 Å². The van der Waals surface area contributed by atoms with Gasteiger partial charge in [0, 0.05) is 43.3 Å². The molecule has 0 spiro atoms. The van der Waals surface area contributed by atoms with Gasteiger partial charge in [-0.2, -0.15) is 4.73 Å². The maximum atomic E-state index is 14.1. The van der Waals surface area contributed by atoms with E-state index in [1.807, 2.05) is 44.3 Å². The van der Waals surface area contributed by atoms with Crippen molar-refractivity contribution in [2.75, 3.05) is 13.7 Å². The molecule has 0 bridgehead atoms. The van der Waals surface area contributed by atoms with Gasteiger partial charge in [0.1, 0.15) is 25.0 Å². The Morgan fingerprint density at radius 3 is 2.51 bits per heavy atom. The Labute approximate surface area is 266 Å². The average Bonchev–Trinajstić information content (AvgIpc) is 3.40. The monoisotopic (exact) mass is 622 g/mol. The number of fused-ring (bicyclic) bond motifs is 2. The Hall–Kier alpha value is -3.69. The average molecular weight is 623 g/mol. The Bertz CT molecular complexity index is 1370. The smallest absolute Gasteiger partial charge is 0.246 e. The molecule has 4 rings (SSSR count). The first-order valence-electron chi connectivity index (χ1n) is 16.7. The van der Waals surface area contributed by atoms with Crippen LogP contribution in [-0.4, -0.2) is 70.7 Å². The third-order valence-electron chi connectivity index (χ3n) is 9.60. The van der Waals surface area contributed by atoms with Crippen molar-refractivity contribution in [3.63, 3.8) is 0 Å². The second kappa shape index (κ2) is 16.0. The fourth-order valence-electron chi connectivity index (χ4n) is 6.72. The third-order valence-corrected chi connectivity index (χ3v) is 9.60. The van der Waals surface area contributed by atoms with E-state index in [-0.39, 0.29) is 42.1 Å². The SMILES string of the molecule is CCC(C)[C@@H]1NC(=O)[C@H](Cc2cn(OC)c3ccccc23)NC(=O)[C@H](CCCCCCC(C)=O)CC(=O)[C@H]2CCCCN2C1=O. The van der Waals surface area contributed by atoms with Crippen LogP contribution in [0.5, 0.6) is 0 Å². The Morgan fingerprint density at radius 2 is 1.78 bits per heavy atom. The van der Waals surface area contributed by atoms with Gasteiger partial charge in [0.25, 0.3) is 0 Å². The van der Waals surface area contributed by atoms with Crippen LogP contribution in [0.3, 0.4) is 0 Å². The second-order valence-corrected chi connectivity index (χ2v) is 12.9. The molecule has 10 heteroatoms. The molecule has 1 aromatic carbocycles. The number of Topliss-reactive ketones (excluding diaryl/α,β-unsaturated/α-hetero) is 2. The molecule has 1 unspecified atom stereocenters. The van der Waals surface area contributed by atoms with E-state index in [1.54, 1.807) is 23.7 Å². The number of carbonyl (C=O) groups is 5. The molecule has 2 aromatic rings. The molecule has 2 aliphatic heterocycles. The first-order valence-corrected chi connectivity index (χ1v) is 16.7. The second-order valence-electron chi connectivity index (χ2n) is 12.9. The minimum atomic E-state index is -0.960. The van der Waals surface area contributed by atoms with E-state index in [4.69, 9.17) is 4.84 Å². The molecule has 0 aliphatic carbocycles. The lowest BCUT2D eigenvalue weighted by Crippen LogP contribution is -2.61. The predicted octanol–water partition coefficient (Wildman–Crippen LogP) is 4.16. The number of benzene rings is 1. The summed E-state index contributed by atoms with van der Waals surface area (Å²) in [7, 11) is 1.57. The number of para-hydroxylation sites is 1. The molecule has 2 N–H and O–H groups in total. The minimum Gasteiger partial charge on any atom is -0.417 e. The molecule has 0 radical (unpaired) electrons. The predicted molar refractivity (Wildman–Crippen MR) is 172 cm³/mol. The topological polar surface area (TPSA) is 127 Å². The fourth-order valence-corrected chi connectivity index (χ4v) is 6.72. The maximum absolute atomic E-state index is 14.1. The van der Waals surface area contributed by atoms with E-state index >= 15 is 0 Å². The summed E-state index contributed by atoms with van der Waals surface area (Å²) < 4.78 is 1.63. The zero-order valence-electron chi connectivity index (χ0n) is 27.3. The Kier molecular flexibility index (Phi) is 12.2. The number of rotatable bonds is 12. The molecule has 10 nitrogen and oxygen atoms in total. The van der Waals surface area contributed by atoms with Crippen molar-refractivity contribution in [2.24, 2.45) is 11.8 Å². The van der Waals surface area contributed by atoms with Crippen LogP contribution in [0.1, 0.15) is 97.0 Å². The van der Waals surface area contributed by atoms with Crippen molar-refractivity contribution < 1.29 is 28.8 Å². The van der Waals surface area contributed by atoms with Gasteiger partial charge < -0.3 is 25.2 Å². The molecule has 0 saturated carbocycles. The van der Waals surface area contributed by atoms with Gasteiger partial charge in [-0.15, -0.1) is 0 Å². The first kappa shape index (κ1) is 34.2. The number of unbranched alkanes of at least 4 members (excludes halogenated alkanes) is 3. The van der Waals surface area contributed by atoms with Gasteiger partial charge >= 0.3 is 0 Å². The zero-order chi connectivity index (χ0) is 32.5. The van der Waals surface area contributed by atoms with Gasteiger partial charge in [0.15, 0.2) is 5.78 Å². The lowest BCUT2D eigenvalue weighted by molar-refractivity contribution is -0.147. The van der Waals surface area contributed by atoms with Crippen molar-refractivity contribution in [2.45, 2.75) is 116 Å². The van der Waals surface area contributed by atoms with Crippen molar-refractivity contribution in [3.8, 4) is 0 Å². The van der Waals surface area contributed by atoms with Crippen LogP contribution in [0.15, 0.2) is 30.5 Å². The highest BCUT2D eigenvalue weighted by molar-refractivity contribution is 5.98. The van der Waals surface area contributed by atoms with Crippen LogP contribution in [0.4, 0.5) is 0 Å². The number of aromatic nitrogens is 1. The van der Waals surface area contributed by atoms with Gasteiger partial charge in [-0.1, -0.05) is 57.7 Å². The molecule has 3 heterocycles. The van der Waals surface area contributed by atoms with Crippen LogP contribution in [0.2, 0.25) is 0 Å². The highest BCUT2D eigenvalue weighted by Gasteiger charge is 2.40. The molecule has 1 aromatic heterocycles. The molecule has 2 aliphatic rings. The third kappa shape index (κ3) is 8.52. The summed E-state index contributed by atoms with van der Waals surface area (Å²) >= 11 is 0. The summed E-state index contributed by atoms with van der Waals surface area (Å²) in [5, 5.41) is 6.91. The number of hydrogen-bond acceptors (Lipinski definition) is 6. The van der Waals surface area contributed by atoms with Crippen LogP contribution in [-0.2, 0) is 30.4 Å². The van der Waals surface area contributed by atoms with E-state index in [2.05, 4.69) is 10.6 Å². The van der Waals surface area contributed by atoms with Crippen LogP contribution in [0, 0.1) is 11.8 Å². The molecule has 2 fully saturated rings. The van der Waals surface area contributed by atoms with E-state index in [1.165, 1.54) is 0 Å². The van der Waals surface area contributed by atoms with Crippen LogP contribution >= 0.6 is 0 Å². The molecule has 3 amide bonds. The summed E-state index contributed by atoms with van der Waals surface area (Å²) in [4.78, 5) is 74.4. The molecule has 45 heavy (non-hydrogen) atoms. The molecule has 246 valence electrons. The lowest BCUT2D eigenvalue weighted by atomic mass is 9.87. The summed E-state index contributed by atoms with van der Waals surface area (Å²) in [5.74, 6) is -1.67. The fraction of sp³-hybridized carbons (Fsp3) is 0.629. The van der Waals surface area contributed by atoms with Gasteiger partial charge in [0.2, 0.25) is 17.7 Å². The number of nitrogens with one attached hydrogen (secondary N) is 2. The number of carbonyl (C=O) groups excluding carboxylic acids is 5. The summed E-state index contributed by atoms with van der Waals surface area (Å²) in [6.07, 6.45) is 9.18. The van der Waals surface area contributed by atoms with Gasteiger partial charge in [-0.3, -0.25) is 19.2 Å². The Balaban J connectivity index is 1.65. The number of ketones is 2. The lowest BCUT2D eigenvalue weighted by Gasteiger charge is -2.39. The molecular weight excluding hydrogens is 572 g/mol. The van der Waals surface area contributed by atoms with Gasteiger partial charge in [-0.25, -0.2) is 0 Å². The minimum absolute atomic E-state index is 0.0268. The van der Waals surface area contributed by atoms with Gasteiger partial charge in [-0.05, 0) is 56.6 Å². The van der Waals surface area contributed by atoms with Crippen LogP contribution < -0.4 is 15.5 Å². The quantitative estimate of drug-likeness (QED) is 0.343. The summed E-state index contributed by atoms with van der Waals surface area (Å²) in [5.41, 5.74) is 1.66. The summed E-state index contributed by atoms with van der Waals surface area (Å²) in [6, 6.07) is 5.34. The van der Waals surface area contributed by atoms with E-state index in [9.17, 15) is 24.0 Å².